The van der Waals surface area contributed by atoms with Crippen molar-refractivity contribution in [2.75, 3.05) is 18.8 Å². The van der Waals surface area contributed by atoms with Crippen LogP contribution in [0.3, 0.4) is 0 Å². The van der Waals surface area contributed by atoms with Crippen molar-refractivity contribution < 1.29 is 13.2 Å². The van der Waals surface area contributed by atoms with E-state index in [1.54, 1.807) is 6.92 Å². The summed E-state index contributed by atoms with van der Waals surface area (Å²) in [5.41, 5.74) is 3.01. The van der Waals surface area contributed by atoms with Crippen molar-refractivity contribution in [2.45, 2.75) is 20.8 Å². The number of nitrogens with one attached hydrogen (secondary N) is 2. The van der Waals surface area contributed by atoms with E-state index in [0.29, 0.717) is 0 Å². The van der Waals surface area contributed by atoms with E-state index in [4.69, 9.17) is 0 Å². The average Bonchev–Trinajstić information content (AvgIpc) is 2.44. The summed E-state index contributed by atoms with van der Waals surface area (Å²) < 4.78 is 24.8. The fraction of sp³-hybridized carbons (Fsp3) is 0.400. The molecule has 1 amide bonds. The summed E-state index contributed by atoms with van der Waals surface area (Å²) in [6.07, 6.45) is 1.52. The molecule has 1 rings (SSSR count). The number of hydrogen-bond acceptors (Lipinski definition) is 3. The molecule has 0 aliphatic carbocycles. The average molecular weight is 310 g/mol. The molecular weight excluding hydrogens is 288 g/mol. The first-order valence-corrected chi connectivity index (χ1v) is 8.50. The number of allylic oxidation sites excluding steroid dienone is 1. The molecule has 0 aromatic heterocycles. The van der Waals surface area contributed by atoms with Crippen molar-refractivity contribution in [3.05, 3.63) is 41.5 Å². The van der Waals surface area contributed by atoms with Gasteiger partial charge in [-0.1, -0.05) is 24.3 Å². The molecular formula is C15H22N2O3S. The topological polar surface area (TPSA) is 75.3 Å². The number of sulfonamides is 1. The molecule has 1 aromatic rings. The maximum absolute atomic E-state index is 11.8. The first-order valence-electron chi connectivity index (χ1n) is 6.85. The molecule has 21 heavy (non-hydrogen) atoms. The van der Waals surface area contributed by atoms with Crippen LogP contribution in [0.1, 0.15) is 25.0 Å². The van der Waals surface area contributed by atoms with Gasteiger partial charge in [0.05, 0.1) is 5.75 Å². The first kappa shape index (κ1) is 17.4. The molecule has 0 unspecified atom stereocenters. The van der Waals surface area contributed by atoms with E-state index in [9.17, 15) is 13.2 Å². The Bertz CT molecular complexity index is 622. The molecule has 0 spiro atoms. The number of aryl methyl sites for hydroxylation is 1. The van der Waals surface area contributed by atoms with Crippen molar-refractivity contribution in [3.63, 3.8) is 0 Å². The third-order valence-corrected chi connectivity index (χ3v) is 4.45. The highest BCUT2D eigenvalue weighted by Crippen LogP contribution is 2.17. The molecule has 0 bridgehead atoms. The van der Waals surface area contributed by atoms with Gasteiger partial charge in [-0.3, -0.25) is 4.79 Å². The van der Waals surface area contributed by atoms with Gasteiger partial charge in [-0.15, -0.1) is 0 Å². The third kappa shape index (κ3) is 6.10. The van der Waals surface area contributed by atoms with Crippen LogP contribution >= 0.6 is 0 Å². The lowest BCUT2D eigenvalue weighted by Crippen LogP contribution is -2.34. The number of hydrogen-bond donors (Lipinski definition) is 2. The second-order valence-corrected chi connectivity index (χ2v) is 6.83. The summed E-state index contributed by atoms with van der Waals surface area (Å²) in [4.78, 5) is 11.8. The monoisotopic (exact) mass is 310 g/mol. The predicted octanol–water partition coefficient (Wildman–Crippen LogP) is 1.45. The Morgan fingerprint density at radius 2 is 1.90 bits per heavy atom. The molecule has 0 heterocycles. The van der Waals surface area contributed by atoms with Gasteiger partial charge in [0.2, 0.25) is 15.9 Å². The Morgan fingerprint density at radius 3 is 2.52 bits per heavy atom. The Balaban J connectivity index is 2.50. The van der Waals surface area contributed by atoms with Gasteiger partial charge in [-0.25, -0.2) is 13.1 Å². The Kier molecular flexibility index (Phi) is 6.58. The fourth-order valence-electron chi connectivity index (χ4n) is 1.84. The van der Waals surface area contributed by atoms with Crippen LogP contribution in [0, 0.1) is 6.92 Å². The number of carbonyl (C=O) groups is 1. The zero-order valence-electron chi connectivity index (χ0n) is 12.6. The van der Waals surface area contributed by atoms with Crippen LogP contribution in [0.5, 0.6) is 0 Å². The highest BCUT2D eigenvalue weighted by molar-refractivity contribution is 7.89. The second kappa shape index (κ2) is 7.95. The number of rotatable bonds is 7. The third-order valence-electron chi connectivity index (χ3n) is 3.04. The van der Waals surface area contributed by atoms with Gasteiger partial charge in [-0.2, -0.15) is 0 Å². The maximum Gasteiger partial charge on any atom is 0.244 e. The van der Waals surface area contributed by atoms with Gasteiger partial charge < -0.3 is 5.32 Å². The summed E-state index contributed by atoms with van der Waals surface area (Å²) in [5.74, 6) is -0.195. The predicted molar refractivity (Wildman–Crippen MR) is 85.3 cm³/mol. The molecule has 0 saturated carbocycles. The van der Waals surface area contributed by atoms with Crippen molar-refractivity contribution in [1.29, 1.82) is 0 Å². The first-order chi connectivity index (χ1) is 9.85. The van der Waals surface area contributed by atoms with Crippen molar-refractivity contribution in [3.8, 4) is 0 Å². The van der Waals surface area contributed by atoms with E-state index in [1.807, 2.05) is 38.1 Å². The standard InChI is InChI=1S/C15H22N2O3S/c1-4-21(19,20)17-10-9-16-15(18)11-13(3)14-8-6-5-7-12(14)2/h5-8,11,17H,4,9-10H2,1-3H3,(H,16,18)/b13-11+. The highest BCUT2D eigenvalue weighted by Gasteiger charge is 2.06. The summed E-state index contributed by atoms with van der Waals surface area (Å²) in [7, 11) is -3.21. The molecule has 0 saturated heterocycles. The lowest BCUT2D eigenvalue weighted by atomic mass is 10.0. The van der Waals surface area contributed by atoms with Gasteiger partial charge in [0.1, 0.15) is 0 Å². The molecule has 1 aromatic carbocycles. The van der Waals surface area contributed by atoms with Crippen LogP contribution in [0.15, 0.2) is 30.3 Å². The molecule has 0 fully saturated rings. The van der Waals surface area contributed by atoms with Gasteiger partial charge in [-0.05, 0) is 37.5 Å². The van der Waals surface area contributed by atoms with Crippen LogP contribution in [0.4, 0.5) is 0 Å². The zero-order chi connectivity index (χ0) is 15.9. The molecule has 2 N–H and O–H groups in total. The van der Waals surface area contributed by atoms with Gasteiger partial charge >= 0.3 is 0 Å². The summed E-state index contributed by atoms with van der Waals surface area (Å²) >= 11 is 0. The molecule has 0 aliphatic heterocycles. The molecule has 6 heteroatoms. The number of carbonyl (C=O) groups excluding carboxylic acids is 1. The fourth-order valence-corrected chi connectivity index (χ4v) is 2.45. The normalized spacial score (nSPS) is 12.2. The maximum atomic E-state index is 11.8. The minimum Gasteiger partial charge on any atom is -0.351 e. The van der Waals surface area contributed by atoms with E-state index in [2.05, 4.69) is 10.0 Å². The molecule has 116 valence electrons. The van der Waals surface area contributed by atoms with Crippen molar-refractivity contribution >= 4 is 21.5 Å². The number of amides is 1. The SMILES string of the molecule is CCS(=O)(=O)NCCNC(=O)/C=C(\C)c1ccccc1C. The molecule has 0 radical (unpaired) electrons. The van der Waals surface area contributed by atoms with Crippen molar-refractivity contribution in [1.82, 2.24) is 10.0 Å². The largest absolute Gasteiger partial charge is 0.351 e. The van der Waals surface area contributed by atoms with E-state index >= 15 is 0 Å². The minimum atomic E-state index is -3.21. The van der Waals surface area contributed by atoms with Crippen molar-refractivity contribution in [2.24, 2.45) is 0 Å². The summed E-state index contributed by atoms with van der Waals surface area (Å²) in [6.45, 7) is 5.88. The van der Waals surface area contributed by atoms with Crippen LogP contribution in [-0.4, -0.2) is 33.2 Å². The van der Waals surface area contributed by atoms with E-state index < -0.39 is 10.0 Å². The van der Waals surface area contributed by atoms with E-state index in [1.165, 1.54) is 6.08 Å². The van der Waals surface area contributed by atoms with Gasteiger partial charge in [0.25, 0.3) is 0 Å². The Labute approximate surface area is 126 Å². The summed E-state index contributed by atoms with van der Waals surface area (Å²) in [6, 6.07) is 7.83. The molecule has 0 aliphatic rings. The quantitative estimate of drug-likeness (QED) is 0.591. The lowest BCUT2D eigenvalue weighted by Gasteiger charge is -2.07. The van der Waals surface area contributed by atoms with Crippen LogP contribution in [0.25, 0.3) is 5.57 Å². The number of benzene rings is 1. The van der Waals surface area contributed by atoms with Gasteiger partial charge in [0, 0.05) is 19.2 Å². The summed E-state index contributed by atoms with van der Waals surface area (Å²) in [5, 5.41) is 2.66. The zero-order valence-corrected chi connectivity index (χ0v) is 13.5. The Hall–Kier alpha value is -1.66. The second-order valence-electron chi connectivity index (χ2n) is 4.73. The minimum absolute atomic E-state index is 0.0350. The van der Waals surface area contributed by atoms with E-state index in [0.717, 1.165) is 16.7 Å². The van der Waals surface area contributed by atoms with Crippen LogP contribution < -0.4 is 10.0 Å². The van der Waals surface area contributed by atoms with E-state index in [-0.39, 0.29) is 24.7 Å². The van der Waals surface area contributed by atoms with Gasteiger partial charge in [0.15, 0.2) is 0 Å². The Morgan fingerprint density at radius 1 is 1.24 bits per heavy atom. The molecule has 0 atom stereocenters. The lowest BCUT2D eigenvalue weighted by molar-refractivity contribution is -0.116. The smallest absolute Gasteiger partial charge is 0.244 e. The van der Waals surface area contributed by atoms with Crippen LogP contribution in [-0.2, 0) is 14.8 Å². The molecule has 5 nitrogen and oxygen atoms in total. The van der Waals surface area contributed by atoms with Crippen LogP contribution in [0.2, 0.25) is 0 Å². The highest BCUT2D eigenvalue weighted by atomic mass is 32.2.